The van der Waals surface area contributed by atoms with Crippen molar-refractivity contribution < 1.29 is 19.0 Å². The summed E-state index contributed by atoms with van der Waals surface area (Å²) in [5.41, 5.74) is 1.00. The number of carbonyl (C=O) groups is 1. The highest BCUT2D eigenvalue weighted by Gasteiger charge is 2.10. The van der Waals surface area contributed by atoms with Crippen LogP contribution in [-0.2, 0) is 16.1 Å². The molecule has 1 N–H and O–H groups in total. The van der Waals surface area contributed by atoms with E-state index in [4.69, 9.17) is 25.8 Å². The molecule has 0 aliphatic carbocycles. The van der Waals surface area contributed by atoms with Gasteiger partial charge in [-0.1, -0.05) is 23.7 Å². The van der Waals surface area contributed by atoms with Crippen LogP contribution in [0.15, 0.2) is 48.5 Å². The van der Waals surface area contributed by atoms with Gasteiger partial charge in [0.25, 0.3) is 0 Å². The molecule has 0 saturated carbocycles. The van der Waals surface area contributed by atoms with Crippen molar-refractivity contribution in [3.63, 3.8) is 0 Å². The third-order valence-corrected chi connectivity index (χ3v) is 4.83. The second-order valence-corrected chi connectivity index (χ2v) is 7.22. The Morgan fingerprint density at radius 3 is 2.59 bits per heavy atom. The minimum Gasteiger partial charge on any atom is -0.493 e. The zero-order chi connectivity index (χ0) is 20.3. The lowest BCUT2D eigenvalue weighted by Gasteiger charge is -2.26. The van der Waals surface area contributed by atoms with Gasteiger partial charge in [0.2, 0.25) is 5.91 Å². The first-order valence-corrected chi connectivity index (χ1v) is 10.2. The number of nitrogens with one attached hydrogen (secondary N) is 1. The Morgan fingerprint density at radius 1 is 1.03 bits per heavy atom. The number of halogens is 1. The van der Waals surface area contributed by atoms with Crippen LogP contribution < -0.4 is 14.8 Å². The maximum absolute atomic E-state index is 12.0. The number of amides is 1. The lowest BCUT2D eigenvalue weighted by atomic mass is 10.2. The number of benzene rings is 2. The first kappa shape index (κ1) is 21.4. The molecule has 1 saturated heterocycles. The molecule has 0 radical (unpaired) electrons. The van der Waals surface area contributed by atoms with E-state index in [0.29, 0.717) is 37.0 Å². The Balaban J connectivity index is 1.33. The van der Waals surface area contributed by atoms with Gasteiger partial charge in [0.15, 0.2) is 0 Å². The van der Waals surface area contributed by atoms with Gasteiger partial charge in [-0.3, -0.25) is 9.69 Å². The largest absolute Gasteiger partial charge is 0.493 e. The smallest absolute Gasteiger partial charge is 0.223 e. The SMILES string of the molecule is O=C(CCOc1ccc(Cl)cc1)NCc1cccc(OCCN2CCOCC2)c1. The summed E-state index contributed by atoms with van der Waals surface area (Å²) in [4.78, 5) is 14.4. The monoisotopic (exact) mass is 418 g/mol. The maximum atomic E-state index is 12.0. The van der Waals surface area contributed by atoms with Gasteiger partial charge in [-0.25, -0.2) is 0 Å². The topological polar surface area (TPSA) is 60.0 Å². The van der Waals surface area contributed by atoms with E-state index in [9.17, 15) is 4.79 Å². The average Bonchev–Trinajstić information content (AvgIpc) is 2.75. The fourth-order valence-electron chi connectivity index (χ4n) is 2.94. The van der Waals surface area contributed by atoms with Crippen LogP contribution in [0.25, 0.3) is 0 Å². The van der Waals surface area contributed by atoms with Crippen LogP contribution in [0.5, 0.6) is 11.5 Å². The van der Waals surface area contributed by atoms with Gasteiger partial charge >= 0.3 is 0 Å². The van der Waals surface area contributed by atoms with E-state index < -0.39 is 0 Å². The highest BCUT2D eigenvalue weighted by Crippen LogP contribution is 2.16. The van der Waals surface area contributed by atoms with Gasteiger partial charge in [-0.2, -0.15) is 0 Å². The highest BCUT2D eigenvalue weighted by atomic mass is 35.5. The molecule has 6 nitrogen and oxygen atoms in total. The van der Waals surface area contributed by atoms with Crippen molar-refractivity contribution in [3.05, 3.63) is 59.1 Å². The molecule has 156 valence electrons. The van der Waals surface area contributed by atoms with Crippen LogP contribution in [0.1, 0.15) is 12.0 Å². The summed E-state index contributed by atoms with van der Waals surface area (Å²) >= 11 is 5.84. The molecule has 1 heterocycles. The third-order valence-electron chi connectivity index (χ3n) is 4.58. The number of hydrogen-bond acceptors (Lipinski definition) is 5. The van der Waals surface area contributed by atoms with Crippen molar-refractivity contribution >= 4 is 17.5 Å². The van der Waals surface area contributed by atoms with E-state index in [1.165, 1.54) is 0 Å². The van der Waals surface area contributed by atoms with E-state index in [0.717, 1.165) is 44.2 Å². The average molecular weight is 419 g/mol. The van der Waals surface area contributed by atoms with Crippen LogP contribution in [-0.4, -0.2) is 56.9 Å². The molecule has 1 amide bonds. The molecule has 1 aliphatic rings. The summed E-state index contributed by atoms with van der Waals surface area (Å²) < 4.78 is 16.7. The van der Waals surface area contributed by atoms with Crippen LogP contribution in [0.4, 0.5) is 0 Å². The summed E-state index contributed by atoms with van der Waals surface area (Å²) in [6.45, 7) is 5.79. The Bertz CT molecular complexity index is 764. The molecule has 0 unspecified atom stereocenters. The molecular formula is C22H27ClN2O4. The number of nitrogens with zero attached hydrogens (tertiary/aromatic N) is 1. The first-order valence-electron chi connectivity index (χ1n) is 9.86. The van der Waals surface area contributed by atoms with Crippen LogP contribution in [0.3, 0.4) is 0 Å². The van der Waals surface area contributed by atoms with Crippen molar-refractivity contribution in [1.29, 1.82) is 0 Å². The lowest BCUT2D eigenvalue weighted by molar-refractivity contribution is -0.121. The Morgan fingerprint density at radius 2 is 1.79 bits per heavy atom. The van der Waals surface area contributed by atoms with Crippen molar-refractivity contribution in [3.8, 4) is 11.5 Å². The molecule has 0 atom stereocenters. The number of rotatable bonds is 10. The van der Waals surface area contributed by atoms with Gasteiger partial charge in [0.1, 0.15) is 18.1 Å². The predicted molar refractivity (Wildman–Crippen MR) is 113 cm³/mol. The van der Waals surface area contributed by atoms with E-state index in [1.807, 2.05) is 24.3 Å². The normalized spacial score (nSPS) is 14.4. The Hall–Kier alpha value is -2.28. The number of hydrogen-bond donors (Lipinski definition) is 1. The fraction of sp³-hybridized carbons (Fsp3) is 0.409. The summed E-state index contributed by atoms with van der Waals surface area (Å²) in [5, 5.41) is 3.57. The minimum atomic E-state index is -0.0578. The second-order valence-electron chi connectivity index (χ2n) is 6.78. The van der Waals surface area contributed by atoms with E-state index >= 15 is 0 Å². The molecule has 2 aromatic carbocycles. The molecule has 7 heteroatoms. The molecule has 0 bridgehead atoms. The van der Waals surface area contributed by atoms with E-state index in [2.05, 4.69) is 10.2 Å². The first-order chi connectivity index (χ1) is 14.2. The van der Waals surface area contributed by atoms with E-state index in [1.54, 1.807) is 24.3 Å². The van der Waals surface area contributed by atoms with Crippen molar-refractivity contribution in [2.75, 3.05) is 46.1 Å². The van der Waals surface area contributed by atoms with Crippen LogP contribution in [0, 0.1) is 0 Å². The van der Waals surface area contributed by atoms with Crippen LogP contribution >= 0.6 is 11.6 Å². The molecule has 29 heavy (non-hydrogen) atoms. The summed E-state index contributed by atoms with van der Waals surface area (Å²) in [7, 11) is 0. The summed E-state index contributed by atoms with van der Waals surface area (Å²) in [6, 6.07) is 14.9. The zero-order valence-electron chi connectivity index (χ0n) is 16.4. The molecule has 2 aromatic rings. The molecule has 3 rings (SSSR count). The van der Waals surface area contributed by atoms with Gasteiger partial charge in [0.05, 0.1) is 26.2 Å². The number of carbonyl (C=O) groups excluding carboxylic acids is 1. The van der Waals surface area contributed by atoms with Crippen molar-refractivity contribution in [2.24, 2.45) is 0 Å². The fourth-order valence-corrected chi connectivity index (χ4v) is 3.07. The molecular weight excluding hydrogens is 392 g/mol. The quantitative estimate of drug-likeness (QED) is 0.642. The molecule has 0 aromatic heterocycles. The highest BCUT2D eigenvalue weighted by molar-refractivity contribution is 6.30. The molecule has 1 aliphatic heterocycles. The second kappa shape index (κ2) is 11.7. The van der Waals surface area contributed by atoms with E-state index in [-0.39, 0.29) is 5.91 Å². The van der Waals surface area contributed by atoms with Gasteiger partial charge in [0, 0.05) is 31.2 Å². The number of ether oxygens (including phenoxy) is 3. The van der Waals surface area contributed by atoms with Gasteiger partial charge < -0.3 is 19.5 Å². The number of morpholine rings is 1. The van der Waals surface area contributed by atoms with Gasteiger partial charge in [-0.15, -0.1) is 0 Å². The Kier molecular flexibility index (Phi) is 8.61. The van der Waals surface area contributed by atoms with Crippen LogP contribution in [0.2, 0.25) is 5.02 Å². The lowest BCUT2D eigenvalue weighted by Crippen LogP contribution is -2.38. The standard InChI is InChI=1S/C22H27ClN2O4/c23-19-4-6-20(7-5-19)28-12-8-22(26)24-17-18-2-1-3-21(16-18)29-15-11-25-9-13-27-14-10-25/h1-7,16H,8-15,17H2,(H,24,26). The summed E-state index contributed by atoms with van der Waals surface area (Å²) in [5.74, 6) is 1.46. The Labute approximate surface area is 176 Å². The van der Waals surface area contributed by atoms with Crippen molar-refractivity contribution in [1.82, 2.24) is 10.2 Å². The summed E-state index contributed by atoms with van der Waals surface area (Å²) in [6.07, 6.45) is 0.290. The predicted octanol–water partition coefficient (Wildman–Crippen LogP) is 3.14. The maximum Gasteiger partial charge on any atom is 0.223 e. The zero-order valence-corrected chi connectivity index (χ0v) is 17.2. The molecule has 0 spiro atoms. The third kappa shape index (κ3) is 7.93. The van der Waals surface area contributed by atoms with Crippen molar-refractivity contribution in [2.45, 2.75) is 13.0 Å². The minimum absolute atomic E-state index is 0.0578. The van der Waals surface area contributed by atoms with Gasteiger partial charge in [-0.05, 0) is 42.0 Å². The molecule has 1 fully saturated rings.